The number of carbonyl (C=O) groups excluding carboxylic acids is 1. The zero-order valence-corrected chi connectivity index (χ0v) is 13.1. The van der Waals surface area contributed by atoms with Crippen LogP contribution in [0.25, 0.3) is 11.3 Å². The maximum atomic E-state index is 12.6. The minimum Gasteiger partial charge on any atom is -0.355 e. The molecule has 0 N–H and O–H groups in total. The van der Waals surface area contributed by atoms with Crippen molar-refractivity contribution in [1.82, 2.24) is 10.1 Å². The molecular formula is C19H18N2O2. The lowest BCUT2D eigenvalue weighted by Gasteiger charge is -2.24. The van der Waals surface area contributed by atoms with Crippen LogP contribution in [0.15, 0.2) is 71.3 Å². The molecule has 3 aromatic rings. The lowest BCUT2D eigenvalue weighted by Crippen LogP contribution is -2.29. The van der Waals surface area contributed by atoms with Crippen molar-refractivity contribution in [3.63, 3.8) is 0 Å². The van der Waals surface area contributed by atoms with Crippen LogP contribution in [0.1, 0.15) is 29.0 Å². The van der Waals surface area contributed by atoms with E-state index in [1.807, 2.05) is 67.6 Å². The number of amides is 1. The number of hydrogen-bond donors (Lipinski definition) is 0. The van der Waals surface area contributed by atoms with Crippen LogP contribution < -0.4 is 0 Å². The SMILES string of the molecule is C[C@@H](c1ccccc1)N(C)C(=O)c1cc(-c2ccccc2)on1. The Balaban J connectivity index is 1.79. The maximum absolute atomic E-state index is 12.6. The fourth-order valence-corrected chi connectivity index (χ4v) is 2.43. The molecule has 1 atom stereocenters. The Bertz CT molecular complexity index is 781. The quantitative estimate of drug-likeness (QED) is 0.726. The largest absolute Gasteiger partial charge is 0.355 e. The van der Waals surface area contributed by atoms with E-state index in [1.54, 1.807) is 18.0 Å². The molecule has 0 saturated carbocycles. The lowest BCUT2D eigenvalue weighted by molar-refractivity contribution is 0.0732. The van der Waals surface area contributed by atoms with Gasteiger partial charge >= 0.3 is 0 Å². The number of benzene rings is 2. The molecule has 0 spiro atoms. The van der Waals surface area contributed by atoms with Gasteiger partial charge in [0.15, 0.2) is 11.5 Å². The molecule has 0 bridgehead atoms. The second-order valence-corrected chi connectivity index (χ2v) is 5.45. The highest BCUT2D eigenvalue weighted by molar-refractivity contribution is 5.93. The first-order valence-electron chi connectivity index (χ1n) is 7.51. The monoisotopic (exact) mass is 306 g/mol. The summed E-state index contributed by atoms with van der Waals surface area (Å²) < 4.78 is 5.31. The van der Waals surface area contributed by atoms with Gasteiger partial charge in [-0.2, -0.15) is 0 Å². The summed E-state index contributed by atoms with van der Waals surface area (Å²) in [4.78, 5) is 14.3. The molecule has 0 aliphatic heterocycles. The topological polar surface area (TPSA) is 46.3 Å². The highest BCUT2D eigenvalue weighted by Crippen LogP contribution is 2.23. The van der Waals surface area contributed by atoms with E-state index in [1.165, 1.54) is 0 Å². The molecule has 0 fully saturated rings. The summed E-state index contributed by atoms with van der Waals surface area (Å²) in [7, 11) is 1.77. The third-order valence-electron chi connectivity index (χ3n) is 3.97. The Morgan fingerprint density at radius 2 is 1.65 bits per heavy atom. The van der Waals surface area contributed by atoms with Gasteiger partial charge in [-0.3, -0.25) is 4.79 Å². The Morgan fingerprint density at radius 3 is 2.30 bits per heavy atom. The van der Waals surface area contributed by atoms with Gasteiger partial charge in [0.25, 0.3) is 5.91 Å². The summed E-state index contributed by atoms with van der Waals surface area (Å²) in [6.45, 7) is 1.99. The second kappa shape index (κ2) is 6.48. The van der Waals surface area contributed by atoms with E-state index in [0.29, 0.717) is 11.5 Å². The fourth-order valence-electron chi connectivity index (χ4n) is 2.43. The van der Waals surface area contributed by atoms with E-state index in [2.05, 4.69) is 5.16 Å². The van der Waals surface area contributed by atoms with Crippen molar-refractivity contribution in [2.24, 2.45) is 0 Å². The highest BCUT2D eigenvalue weighted by Gasteiger charge is 2.22. The Hall–Kier alpha value is -2.88. The van der Waals surface area contributed by atoms with Crippen molar-refractivity contribution in [2.45, 2.75) is 13.0 Å². The van der Waals surface area contributed by atoms with Crippen LogP contribution in [0, 0.1) is 0 Å². The van der Waals surface area contributed by atoms with Crippen molar-refractivity contribution in [2.75, 3.05) is 7.05 Å². The van der Waals surface area contributed by atoms with Gasteiger partial charge in [0.1, 0.15) is 0 Å². The zero-order chi connectivity index (χ0) is 16.2. The van der Waals surface area contributed by atoms with Crippen LogP contribution in [0.3, 0.4) is 0 Å². The van der Waals surface area contributed by atoms with Gasteiger partial charge in [0, 0.05) is 18.7 Å². The summed E-state index contributed by atoms with van der Waals surface area (Å²) in [6.07, 6.45) is 0. The van der Waals surface area contributed by atoms with Gasteiger partial charge in [-0.15, -0.1) is 0 Å². The van der Waals surface area contributed by atoms with Crippen molar-refractivity contribution in [1.29, 1.82) is 0 Å². The molecule has 0 saturated heterocycles. The molecule has 1 aromatic heterocycles. The van der Waals surface area contributed by atoms with Crippen molar-refractivity contribution >= 4 is 5.91 Å². The molecule has 116 valence electrons. The smallest absolute Gasteiger partial charge is 0.276 e. The Labute approximate surface area is 135 Å². The van der Waals surface area contributed by atoms with Gasteiger partial charge in [-0.05, 0) is 12.5 Å². The zero-order valence-electron chi connectivity index (χ0n) is 13.1. The van der Waals surface area contributed by atoms with Gasteiger partial charge in [0.2, 0.25) is 0 Å². The molecule has 1 heterocycles. The molecule has 23 heavy (non-hydrogen) atoms. The number of aromatic nitrogens is 1. The van der Waals surface area contributed by atoms with Crippen LogP contribution in [-0.4, -0.2) is 23.0 Å². The van der Waals surface area contributed by atoms with Gasteiger partial charge in [0.05, 0.1) is 6.04 Å². The van der Waals surface area contributed by atoms with E-state index >= 15 is 0 Å². The van der Waals surface area contributed by atoms with Crippen LogP contribution in [0.4, 0.5) is 0 Å². The second-order valence-electron chi connectivity index (χ2n) is 5.45. The van der Waals surface area contributed by atoms with E-state index in [-0.39, 0.29) is 11.9 Å². The van der Waals surface area contributed by atoms with E-state index in [4.69, 9.17) is 4.52 Å². The van der Waals surface area contributed by atoms with Gasteiger partial charge in [-0.1, -0.05) is 65.8 Å². The summed E-state index contributed by atoms with van der Waals surface area (Å²) in [5, 5.41) is 3.92. The maximum Gasteiger partial charge on any atom is 0.276 e. The minimum atomic E-state index is -0.160. The highest BCUT2D eigenvalue weighted by atomic mass is 16.5. The molecule has 0 unspecified atom stereocenters. The summed E-state index contributed by atoms with van der Waals surface area (Å²) in [5.41, 5.74) is 2.29. The lowest BCUT2D eigenvalue weighted by atomic mass is 10.1. The first-order chi connectivity index (χ1) is 11.2. The normalized spacial score (nSPS) is 11.9. The van der Waals surface area contributed by atoms with Crippen molar-refractivity contribution in [3.05, 3.63) is 78.0 Å². The van der Waals surface area contributed by atoms with Crippen molar-refractivity contribution in [3.8, 4) is 11.3 Å². The van der Waals surface area contributed by atoms with E-state index in [9.17, 15) is 4.79 Å². The number of carbonyl (C=O) groups is 1. The molecule has 4 heteroatoms. The van der Waals surface area contributed by atoms with Crippen LogP contribution in [-0.2, 0) is 0 Å². The van der Waals surface area contributed by atoms with E-state index < -0.39 is 0 Å². The standard InChI is InChI=1S/C19H18N2O2/c1-14(15-9-5-3-6-10-15)21(2)19(22)17-13-18(23-20-17)16-11-7-4-8-12-16/h3-14H,1-2H3/t14-/m0/s1. The molecule has 1 amide bonds. The average Bonchev–Trinajstić information content (AvgIpc) is 3.11. The third kappa shape index (κ3) is 3.16. The molecule has 2 aromatic carbocycles. The molecule has 0 aliphatic rings. The van der Waals surface area contributed by atoms with E-state index in [0.717, 1.165) is 11.1 Å². The summed E-state index contributed by atoms with van der Waals surface area (Å²) in [5.74, 6) is 0.432. The molecule has 0 radical (unpaired) electrons. The minimum absolute atomic E-state index is 0.0411. The summed E-state index contributed by atoms with van der Waals surface area (Å²) in [6, 6.07) is 21.2. The fraction of sp³-hybridized carbons (Fsp3) is 0.158. The predicted molar refractivity (Wildman–Crippen MR) is 88.9 cm³/mol. The molecule has 3 rings (SSSR count). The molecule has 0 aliphatic carbocycles. The number of hydrogen-bond acceptors (Lipinski definition) is 3. The Morgan fingerprint density at radius 1 is 1.04 bits per heavy atom. The molecule has 4 nitrogen and oxygen atoms in total. The third-order valence-corrected chi connectivity index (χ3v) is 3.97. The average molecular weight is 306 g/mol. The van der Waals surface area contributed by atoms with Gasteiger partial charge in [-0.25, -0.2) is 0 Å². The first-order valence-corrected chi connectivity index (χ1v) is 7.51. The predicted octanol–water partition coefficient (Wildman–Crippen LogP) is 4.17. The summed E-state index contributed by atoms with van der Waals surface area (Å²) >= 11 is 0. The molecular weight excluding hydrogens is 288 g/mol. The number of nitrogens with zero attached hydrogens (tertiary/aromatic N) is 2. The number of rotatable bonds is 4. The Kier molecular flexibility index (Phi) is 4.24. The first kappa shape index (κ1) is 15.0. The van der Waals surface area contributed by atoms with Crippen LogP contribution in [0.5, 0.6) is 0 Å². The van der Waals surface area contributed by atoms with Crippen molar-refractivity contribution < 1.29 is 9.32 Å². The van der Waals surface area contributed by atoms with Crippen LogP contribution in [0.2, 0.25) is 0 Å². The van der Waals surface area contributed by atoms with Gasteiger partial charge < -0.3 is 9.42 Å². The van der Waals surface area contributed by atoms with Crippen LogP contribution >= 0.6 is 0 Å².